The molecule has 108 valence electrons. The van der Waals surface area contributed by atoms with Gasteiger partial charge in [-0.1, -0.05) is 6.92 Å². The molecule has 0 amide bonds. The smallest absolute Gasteiger partial charge is 0.405 e. The van der Waals surface area contributed by atoms with Gasteiger partial charge < -0.3 is 10.0 Å². The van der Waals surface area contributed by atoms with Crippen molar-refractivity contribution in [3.8, 4) is 0 Å². The summed E-state index contributed by atoms with van der Waals surface area (Å²) in [7, 11) is 1.44. The van der Waals surface area contributed by atoms with Gasteiger partial charge in [-0.2, -0.15) is 18.3 Å². The first kappa shape index (κ1) is 15.3. The number of anilines is 1. The lowest BCUT2D eigenvalue weighted by Gasteiger charge is -2.25. The molecule has 0 saturated carbocycles. The van der Waals surface area contributed by atoms with Crippen LogP contribution in [-0.2, 0) is 7.05 Å². The van der Waals surface area contributed by atoms with Crippen molar-refractivity contribution in [1.82, 2.24) is 9.78 Å². The van der Waals surface area contributed by atoms with Crippen molar-refractivity contribution in [3.05, 3.63) is 11.3 Å². The molecule has 0 radical (unpaired) electrons. The summed E-state index contributed by atoms with van der Waals surface area (Å²) in [6, 6.07) is 0. The molecule has 1 rings (SSSR count). The van der Waals surface area contributed by atoms with Gasteiger partial charge >= 0.3 is 12.1 Å². The highest BCUT2D eigenvalue weighted by Crippen LogP contribution is 2.27. The van der Waals surface area contributed by atoms with E-state index in [1.54, 1.807) is 6.92 Å². The summed E-state index contributed by atoms with van der Waals surface area (Å²) in [5.74, 6) is -1.28. The zero-order chi connectivity index (χ0) is 14.8. The first-order valence-corrected chi connectivity index (χ1v) is 5.76. The predicted molar refractivity (Wildman–Crippen MR) is 63.5 cm³/mol. The van der Waals surface area contributed by atoms with Crippen molar-refractivity contribution in [2.75, 3.05) is 18.0 Å². The van der Waals surface area contributed by atoms with Gasteiger partial charge in [-0.05, 0) is 13.3 Å². The number of aromatic nitrogens is 2. The molecule has 0 atom stereocenters. The molecule has 19 heavy (non-hydrogen) atoms. The van der Waals surface area contributed by atoms with Crippen LogP contribution in [0.1, 0.15) is 29.4 Å². The number of alkyl halides is 3. The Hall–Kier alpha value is -1.73. The van der Waals surface area contributed by atoms with Crippen molar-refractivity contribution in [3.63, 3.8) is 0 Å². The first-order chi connectivity index (χ1) is 8.67. The molecule has 0 bridgehead atoms. The largest absolute Gasteiger partial charge is 0.477 e. The molecule has 0 unspecified atom stereocenters. The van der Waals surface area contributed by atoms with Gasteiger partial charge in [0, 0.05) is 13.6 Å². The number of hydrogen-bond donors (Lipinski definition) is 1. The van der Waals surface area contributed by atoms with E-state index in [1.807, 2.05) is 0 Å². The second kappa shape index (κ2) is 5.50. The second-order valence-electron chi connectivity index (χ2n) is 4.25. The fourth-order valence-electron chi connectivity index (χ4n) is 2.01. The first-order valence-electron chi connectivity index (χ1n) is 5.76. The van der Waals surface area contributed by atoms with Crippen LogP contribution in [0.15, 0.2) is 0 Å². The van der Waals surface area contributed by atoms with Gasteiger partial charge in [0.15, 0.2) is 0 Å². The molecule has 1 aromatic heterocycles. The van der Waals surface area contributed by atoms with E-state index in [1.165, 1.54) is 18.7 Å². The maximum atomic E-state index is 12.6. The Bertz CT molecular complexity index is 468. The Kier molecular flexibility index (Phi) is 4.43. The van der Waals surface area contributed by atoms with Crippen LogP contribution in [0.3, 0.4) is 0 Å². The van der Waals surface area contributed by atoms with Gasteiger partial charge in [-0.3, -0.25) is 4.68 Å². The van der Waals surface area contributed by atoms with E-state index >= 15 is 0 Å². The van der Waals surface area contributed by atoms with E-state index in [0.29, 0.717) is 6.42 Å². The Balaban J connectivity index is 3.26. The number of carbonyl (C=O) groups is 1. The van der Waals surface area contributed by atoms with Crippen molar-refractivity contribution < 1.29 is 23.1 Å². The van der Waals surface area contributed by atoms with Crippen LogP contribution in [0.5, 0.6) is 0 Å². The highest BCUT2D eigenvalue weighted by Gasteiger charge is 2.34. The molecular formula is C11H16F3N3O2. The Morgan fingerprint density at radius 2 is 2.05 bits per heavy atom. The van der Waals surface area contributed by atoms with Crippen LogP contribution in [0.25, 0.3) is 0 Å². The van der Waals surface area contributed by atoms with E-state index in [2.05, 4.69) is 5.10 Å². The van der Waals surface area contributed by atoms with Gasteiger partial charge in [0.1, 0.15) is 17.9 Å². The Morgan fingerprint density at radius 3 is 2.47 bits per heavy atom. The second-order valence-corrected chi connectivity index (χ2v) is 4.25. The summed E-state index contributed by atoms with van der Waals surface area (Å²) in [4.78, 5) is 12.2. The van der Waals surface area contributed by atoms with E-state index in [4.69, 9.17) is 5.11 Å². The number of aryl methyl sites for hydroxylation is 2. The highest BCUT2D eigenvalue weighted by atomic mass is 19.4. The van der Waals surface area contributed by atoms with Crippen molar-refractivity contribution >= 4 is 11.8 Å². The third-order valence-corrected chi connectivity index (χ3v) is 2.57. The standard InChI is InChI=1S/C11H16F3N3O2/c1-4-5-17(6-11(12,13)14)9-8(10(18)19)7(2)15-16(9)3/h4-6H2,1-3H3,(H,18,19). The number of nitrogens with zero attached hydrogens (tertiary/aromatic N) is 3. The number of carboxylic acid groups (broad SMARTS) is 1. The molecule has 1 N–H and O–H groups in total. The summed E-state index contributed by atoms with van der Waals surface area (Å²) in [6.45, 7) is 2.11. The molecular weight excluding hydrogens is 263 g/mol. The molecule has 0 saturated heterocycles. The third-order valence-electron chi connectivity index (χ3n) is 2.57. The maximum absolute atomic E-state index is 12.6. The molecule has 0 aliphatic rings. The zero-order valence-electron chi connectivity index (χ0n) is 11.0. The lowest BCUT2D eigenvalue weighted by Crippen LogP contribution is -2.37. The van der Waals surface area contributed by atoms with Crippen LogP contribution >= 0.6 is 0 Å². The van der Waals surface area contributed by atoms with Crippen LogP contribution in [0.4, 0.5) is 19.0 Å². The lowest BCUT2D eigenvalue weighted by atomic mass is 10.2. The minimum Gasteiger partial charge on any atom is -0.477 e. The Morgan fingerprint density at radius 1 is 1.47 bits per heavy atom. The van der Waals surface area contributed by atoms with Crippen molar-refractivity contribution in [2.24, 2.45) is 7.05 Å². The summed E-state index contributed by atoms with van der Waals surface area (Å²) in [6.07, 6.45) is -3.93. The van der Waals surface area contributed by atoms with Crippen LogP contribution in [0, 0.1) is 6.92 Å². The van der Waals surface area contributed by atoms with Crippen LogP contribution in [0.2, 0.25) is 0 Å². The van der Waals surface area contributed by atoms with Crippen LogP contribution in [-0.4, -0.2) is 40.1 Å². The van der Waals surface area contributed by atoms with Gasteiger partial charge in [-0.15, -0.1) is 0 Å². The fraction of sp³-hybridized carbons (Fsp3) is 0.636. The third kappa shape index (κ3) is 3.62. The van der Waals surface area contributed by atoms with E-state index < -0.39 is 18.7 Å². The number of carboxylic acids is 1. The van der Waals surface area contributed by atoms with Crippen LogP contribution < -0.4 is 4.90 Å². The molecule has 0 aliphatic carbocycles. The summed E-state index contributed by atoms with van der Waals surface area (Å²) in [5, 5.41) is 13.0. The molecule has 1 aromatic rings. The van der Waals surface area contributed by atoms with Crippen molar-refractivity contribution in [1.29, 1.82) is 0 Å². The van der Waals surface area contributed by atoms with Gasteiger partial charge in [-0.25, -0.2) is 4.79 Å². The zero-order valence-corrected chi connectivity index (χ0v) is 11.0. The molecule has 0 fully saturated rings. The summed E-state index contributed by atoms with van der Waals surface area (Å²) >= 11 is 0. The topological polar surface area (TPSA) is 58.4 Å². The van der Waals surface area contributed by atoms with Gasteiger partial charge in [0.25, 0.3) is 0 Å². The quantitative estimate of drug-likeness (QED) is 0.897. The monoisotopic (exact) mass is 279 g/mol. The molecule has 1 heterocycles. The van der Waals surface area contributed by atoms with E-state index in [9.17, 15) is 18.0 Å². The van der Waals surface area contributed by atoms with Gasteiger partial charge in [0.2, 0.25) is 0 Å². The number of hydrogen-bond acceptors (Lipinski definition) is 3. The minimum atomic E-state index is -4.40. The lowest BCUT2D eigenvalue weighted by molar-refractivity contribution is -0.119. The van der Waals surface area contributed by atoms with E-state index in [-0.39, 0.29) is 23.6 Å². The average molecular weight is 279 g/mol. The molecule has 0 aliphatic heterocycles. The molecule has 0 spiro atoms. The molecule has 8 heteroatoms. The Labute approximate surface area is 108 Å². The predicted octanol–water partition coefficient (Wildman–Crippen LogP) is 2.21. The number of rotatable bonds is 5. The summed E-state index contributed by atoms with van der Waals surface area (Å²) < 4.78 is 38.9. The number of aromatic carboxylic acids is 1. The molecule has 5 nitrogen and oxygen atoms in total. The fourth-order valence-corrected chi connectivity index (χ4v) is 2.01. The highest BCUT2D eigenvalue weighted by molar-refractivity contribution is 5.94. The number of halogens is 3. The normalized spacial score (nSPS) is 11.7. The SMILES string of the molecule is CCCN(CC(F)(F)F)c1c(C(=O)O)c(C)nn1C. The summed E-state index contributed by atoms with van der Waals surface area (Å²) in [5.41, 5.74) is 0.0217. The van der Waals surface area contributed by atoms with Crippen molar-refractivity contribution in [2.45, 2.75) is 26.4 Å². The van der Waals surface area contributed by atoms with E-state index in [0.717, 1.165) is 4.90 Å². The molecule has 0 aromatic carbocycles. The van der Waals surface area contributed by atoms with Gasteiger partial charge in [0.05, 0.1) is 5.69 Å². The average Bonchev–Trinajstić information content (AvgIpc) is 2.50. The maximum Gasteiger partial charge on any atom is 0.405 e. The minimum absolute atomic E-state index is 0.0100.